The summed E-state index contributed by atoms with van der Waals surface area (Å²) < 4.78 is 0. The van der Waals surface area contributed by atoms with E-state index in [0.29, 0.717) is 21.2 Å². The van der Waals surface area contributed by atoms with Gasteiger partial charge in [-0.15, -0.1) is 0 Å². The summed E-state index contributed by atoms with van der Waals surface area (Å²) >= 11 is 11.7. The van der Waals surface area contributed by atoms with Crippen molar-refractivity contribution in [3.8, 4) is 11.5 Å². The SMILES string of the molecule is NC(=Cc1cc(Cl)ccc1O)C(N)=Cc1cc(Cl)ccc1O. The van der Waals surface area contributed by atoms with Crippen LogP contribution in [0.1, 0.15) is 11.1 Å². The normalized spacial score (nSPS) is 12.5. The minimum Gasteiger partial charge on any atom is -0.507 e. The first-order chi connectivity index (χ1) is 10.4. The Bertz CT molecular complexity index is 705. The summed E-state index contributed by atoms with van der Waals surface area (Å²) in [6.07, 6.45) is 2.99. The summed E-state index contributed by atoms with van der Waals surface area (Å²) in [5.41, 5.74) is 13.1. The largest absolute Gasteiger partial charge is 0.507 e. The average Bonchev–Trinajstić information content (AvgIpc) is 2.46. The number of nitrogens with two attached hydrogens (primary N) is 2. The smallest absolute Gasteiger partial charge is 0.122 e. The van der Waals surface area contributed by atoms with Crippen molar-refractivity contribution in [2.24, 2.45) is 11.5 Å². The van der Waals surface area contributed by atoms with Gasteiger partial charge in [0.05, 0.1) is 11.4 Å². The van der Waals surface area contributed by atoms with Gasteiger partial charge in [0.25, 0.3) is 0 Å². The Morgan fingerprint density at radius 2 is 1.14 bits per heavy atom. The van der Waals surface area contributed by atoms with Crippen LogP contribution in [0.3, 0.4) is 0 Å². The van der Waals surface area contributed by atoms with Gasteiger partial charge < -0.3 is 21.7 Å². The van der Waals surface area contributed by atoms with E-state index in [1.165, 1.54) is 24.3 Å². The van der Waals surface area contributed by atoms with E-state index < -0.39 is 0 Å². The Morgan fingerprint density at radius 3 is 1.50 bits per heavy atom. The lowest BCUT2D eigenvalue weighted by Crippen LogP contribution is -2.08. The zero-order valence-electron chi connectivity index (χ0n) is 11.4. The summed E-state index contributed by atoms with van der Waals surface area (Å²) in [5.74, 6) is 0.0662. The number of hydrogen-bond donors (Lipinski definition) is 4. The molecular formula is C16H14Cl2N2O2. The molecule has 4 nitrogen and oxygen atoms in total. The molecule has 0 bridgehead atoms. The molecule has 2 rings (SSSR count). The summed E-state index contributed by atoms with van der Waals surface area (Å²) in [4.78, 5) is 0. The van der Waals surface area contributed by atoms with Crippen LogP contribution in [0.15, 0.2) is 47.8 Å². The van der Waals surface area contributed by atoms with Crippen LogP contribution >= 0.6 is 23.2 Å². The highest BCUT2D eigenvalue weighted by Gasteiger charge is 2.05. The molecule has 0 aromatic heterocycles. The number of halogens is 2. The van der Waals surface area contributed by atoms with Gasteiger partial charge in [0, 0.05) is 21.2 Å². The van der Waals surface area contributed by atoms with Gasteiger partial charge in [-0.3, -0.25) is 0 Å². The fraction of sp³-hybridized carbons (Fsp3) is 0. The molecule has 0 saturated heterocycles. The first kappa shape index (κ1) is 16.1. The highest BCUT2D eigenvalue weighted by molar-refractivity contribution is 6.31. The van der Waals surface area contributed by atoms with E-state index in [1.807, 2.05) is 0 Å². The maximum Gasteiger partial charge on any atom is 0.122 e. The lowest BCUT2D eigenvalue weighted by Gasteiger charge is -2.06. The zero-order valence-corrected chi connectivity index (χ0v) is 12.9. The maximum absolute atomic E-state index is 9.76. The van der Waals surface area contributed by atoms with Crippen LogP contribution in [-0.2, 0) is 0 Å². The van der Waals surface area contributed by atoms with Gasteiger partial charge in [-0.2, -0.15) is 0 Å². The number of aromatic hydroxyl groups is 2. The molecule has 0 spiro atoms. The fourth-order valence-electron chi connectivity index (χ4n) is 1.78. The van der Waals surface area contributed by atoms with Gasteiger partial charge >= 0.3 is 0 Å². The number of phenols is 2. The molecule has 0 aliphatic rings. The van der Waals surface area contributed by atoms with Gasteiger partial charge in [0.2, 0.25) is 0 Å². The van der Waals surface area contributed by atoms with Gasteiger partial charge in [-0.1, -0.05) is 23.2 Å². The van der Waals surface area contributed by atoms with Crippen molar-refractivity contribution in [1.29, 1.82) is 0 Å². The van der Waals surface area contributed by atoms with Crippen molar-refractivity contribution >= 4 is 35.4 Å². The Kier molecular flexibility index (Phi) is 4.85. The van der Waals surface area contributed by atoms with Gasteiger partial charge in [0.15, 0.2) is 0 Å². The van der Waals surface area contributed by atoms with Crippen LogP contribution in [0.5, 0.6) is 11.5 Å². The molecule has 0 saturated carbocycles. The first-order valence-corrected chi connectivity index (χ1v) is 7.04. The number of benzene rings is 2. The maximum atomic E-state index is 9.76. The first-order valence-electron chi connectivity index (χ1n) is 6.28. The molecule has 2 aromatic rings. The van der Waals surface area contributed by atoms with Crippen molar-refractivity contribution in [2.45, 2.75) is 0 Å². The highest BCUT2D eigenvalue weighted by Crippen LogP contribution is 2.26. The quantitative estimate of drug-likeness (QED) is 0.643. The highest BCUT2D eigenvalue weighted by atomic mass is 35.5. The molecule has 114 valence electrons. The second-order valence-corrected chi connectivity index (χ2v) is 5.48. The van der Waals surface area contributed by atoms with E-state index in [2.05, 4.69) is 0 Å². The molecule has 0 radical (unpaired) electrons. The van der Waals surface area contributed by atoms with Crippen molar-refractivity contribution in [3.63, 3.8) is 0 Å². The summed E-state index contributed by atoms with van der Waals surface area (Å²) in [6, 6.07) is 9.18. The molecule has 22 heavy (non-hydrogen) atoms. The van der Waals surface area contributed by atoms with Crippen molar-refractivity contribution in [3.05, 3.63) is 69.0 Å². The van der Waals surface area contributed by atoms with Crippen LogP contribution in [-0.4, -0.2) is 10.2 Å². The van der Waals surface area contributed by atoms with Crippen molar-refractivity contribution in [2.75, 3.05) is 0 Å². The topological polar surface area (TPSA) is 92.5 Å². The summed E-state index contributed by atoms with van der Waals surface area (Å²) in [6.45, 7) is 0. The molecule has 6 N–H and O–H groups in total. The van der Waals surface area contributed by atoms with E-state index in [9.17, 15) is 10.2 Å². The van der Waals surface area contributed by atoms with Crippen molar-refractivity contribution < 1.29 is 10.2 Å². The lowest BCUT2D eigenvalue weighted by molar-refractivity contribution is 0.473. The molecule has 0 heterocycles. The molecule has 6 heteroatoms. The second kappa shape index (κ2) is 6.64. The molecule has 2 aromatic carbocycles. The van der Waals surface area contributed by atoms with Gasteiger partial charge in [0.1, 0.15) is 11.5 Å². The predicted octanol–water partition coefficient (Wildman–Crippen LogP) is 3.70. The van der Waals surface area contributed by atoms with E-state index in [0.717, 1.165) is 0 Å². The minimum absolute atomic E-state index is 0.0331. The van der Waals surface area contributed by atoms with Gasteiger partial charge in [-0.25, -0.2) is 0 Å². The van der Waals surface area contributed by atoms with Crippen LogP contribution in [0.25, 0.3) is 12.2 Å². The third-order valence-electron chi connectivity index (χ3n) is 2.93. The van der Waals surface area contributed by atoms with E-state index in [1.54, 1.807) is 24.3 Å². The molecule has 0 unspecified atom stereocenters. The molecule has 0 aliphatic heterocycles. The fourth-order valence-corrected chi connectivity index (χ4v) is 2.14. The number of phenolic OH excluding ortho intramolecular Hbond substituents is 2. The lowest BCUT2D eigenvalue weighted by atomic mass is 10.1. The van der Waals surface area contributed by atoms with Gasteiger partial charge in [-0.05, 0) is 48.6 Å². The Balaban J connectivity index is 2.37. The van der Waals surface area contributed by atoms with E-state index in [-0.39, 0.29) is 22.9 Å². The van der Waals surface area contributed by atoms with E-state index in [4.69, 9.17) is 34.7 Å². The Labute approximate surface area is 137 Å². The van der Waals surface area contributed by atoms with Crippen LogP contribution in [0.2, 0.25) is 10.0 Å². The second-order valence-electron chi connectivity index (χ2n) is 4.61. The molecular weight excluding hydrogens is 323 g/mol. The third-order valence-corrected chi connectivity index (χ3v) is 3.40. The predicted molar refractivity (Wildman–Crippen MR) is 90.6 cm³/mol. The van der Waals surface area contributed by atoms with Crippen LogP contribution < -0.4 is 11.5 Å². The number of hydrogen-bond acceptors (Lipinski definition) is 4. The summed E-state index contributed by atoms with van der Waals surface area (Å²) in [5, 5.41) is 20.4. The monoisotopic (exact) mass is 336 g/mol. The molecule has 0 atom stereocenters. The molecule has 0 aliphatic carbocycles. The van der Waals surface area contributed by atoms with Crippen molar-refractivity contribution in [1.82, 2.24) is 0 Å². The molecule has 0 fully saturated rings. The van der Waals surface area contributed by atoms with Crippen LogP contribution in [0.4, 0.5) is 0 Å². The Hall–Kier alpha value is -2.30. The number of rotatable bonds is 3. The minimum atomic E-state index is 0.0331. The Morgan fingerprint density at radius 1 is 0.773 bits per heavy atom. The standard InChI is InChI=1S/C16H14Cl2N2O2/c17-11-1-3-15(21)9(5-11)7-13(19)14(20)8-10-6-12(18)2-4-16(10)22/h1-8,21-22H,19-20H2. The summed E-state index contributed by atoms with van der Waals surface area (Å²) in [7, 11) is 0. The van der Waals surface area contributed by atoms with E-state index >= 15 is 0 Å². The molecule has 0 amide bonds. The average molecular weight is 337 g/mol. The van der Waals surface area contributed by atoms with Crippen LogP contribution in [0, 0.1) is 0 Å². The third kappa shape index (κ3) is 3.87. The zero-order chi connectivity index (χ0) is 16.3.